The molecule has 1 N–H and O–H groups in total. The predicted octanol–water partition coefficient (Wildman–Crippen LogP) is 2.65. The van der Waals surface area contributed by atoms with Gasteiger partial charge < -0.3 is 9.73 Å². The van der Waals surface area contributed by atoms with Crippen molar-refractivity contribution in [3.63, 3.8) is 0 Å². The highest BCUT2D eigenvalue weighted by atomic mass is 35.5. The molecule has 2 aliphatic heterocycles. The molecular weight excluding hydrogens is 286 g/mol. The van der Waals surface area contributed by atoms with Gasteiger partial charge >= 0.3 is 0 Å². The van der Waals surface area contributed by atoms with Gasteiger partial charge in [0.2, 0.25) is 5.89 Å². The van der Waals surface area contributed by atoms with Crippen molar-refractivity contribution in [1.29, 1.82) is 0 Å². The number of oxazole rings is 1. The van der Waals surface area contributed by atoms with Crippen LogP contribution in [0.4, 0.5) is 0 Å². The Kier molecular flexibility index (Phi) is 3.45. The third kappa shape index (κ3) is 2.71. The van der Waals surface area contributed by atoms with E-state index in [2.05, 4.69) is 15.2 Å². The highest BCUT2D eigenvalue weighted by Gasteiger charge is 2.36. The van der Waals surface area contributed by atoms with Crippen molar-refractivity contribution in [1.82, 2.24) is 15.2 Å². The lowest BCUT2D eigenvalue weighted by Crippen LogP contribution is -2.25. The van der Waals surface area contributed by atoms with E-state index in [9.17, 15) is 0 Å². The summed E-state index contributed by atoms with van der Waals surface area (Å²) in [5.74, 6) is 3.21. The lowest BCUT2D eigenvalue weighted by atomic mass is 10.0. The van der Waals surface area contributed by atoms with Crippen molar-refractivity contribution in [3.05, 3.63) is 41.4 Å². The van der Waals surface area contributed by atoms with Gasteiger partial charge in [0.05, 0.1) is 12.7 Å². The molecule has 110 valence electrons. The molecule has 1 aromatic carbocycles. The maximum atomic E-state index is 5.91. The normalized spacial score (nSPS) is 25.4. The average molecular weight is 304 g/mol. The number of hydrogen-bond donors (Lipinski definition) is 1. The van der Waals surface area contributed by atoms with Crippen LogP contribution in [0.3, 0.4) is 0 Å². The first-order valence-corrected chi connectivity index (χ1v) is 7.79. The Bertz CT molecular complexity index is 613. The molecule has 5 heteroatoms. The van der Waals surface area contributed by atoms with Crippen molar-refractivity contribution in [2.45, 2.75) is 6.54 Å². The summed E-state index contributed by atoms with van der Waals surface area (Å²) in [6.45, 7) is 5.42. The molecule has 0 spiro atoms. The molecule has 0 radical (unpaired) electrons. The third-order valence-electron chi connectivity index (χ3n) is 4.51. The van der Waals surface area contributed by atoms with Gasteiger partial charge in [0, 0.05) is 23.7 Å². The zero-order valence-corrected chi connectivity index (χ0v) is 12.5. The molecule has 2 fully saturated rings. The molecule has 2 unspecified atom stereocenters. The molecule has 4 rings (SSSR count). The molecule has 0 amide bonds. The monoisotopic (exact) mass is 303 g/mol. The number of hydrogen-bond acceptors (Lipinski definition) is 4. The summed E-state index contributed by atoms with van der Waals surface area (Å²) in [5.41, 5.74) is 1.01. The summed E-state index contributed by atoms with van der Waals surface area (Å²) in [6.07, 6.45) is 1.80. The Morgan fingerprint density at radius 2 is 1.90 bits per heavy atom. The van der Waals surface area contributed by atoms with E-state index in [0.717, 1.165) is 66.8 Å². The van der Waals surface area contributed by atoms with Crippen molar-refractivity contribution in [3.8, 4) is 11.3 Å². The number of nitrogens with one attached hydrogen (secondary N) is 1. The highest BCUT2D eigenvalue weighted by Crippen LogP contribution is 2.28. The van der Waals surface area contributed by atoms with Crippen LogP contribution in [0.5, 0.6) is 0 Å². The lowest BCUT2D eigenvalue weighted by molar-refractivity contribution is 0.273. The van der Waals surface area contributed by atoms with Crippen LogP contribution in [0, 0.1) is 11.8 Å². The first-order valence-electron chi connectivity index (χ1n) is 7.41. The Morgan fingerprint density at radius 1 is 1.19 bits per heavy atom. The van der Waals surface area contributed by atoms with E-state index in [-0.39, 0.29) is 0 Å². The minimum atomic E-state index is 0.732. The quantitative estimate of drug-likeness (QED) is 0.946. The molecule has 21 heavy (non-hydrogen) atoms. The van der Waals surface area contributed by atoms with Crippen LogP contribution in [0.15, 0.2) is 34.9 Å². The Balaban J connectivity index is 1.44. The topological polar surface area (TPSA) is 41.3 Å². The van der Waals surface area contributed by atoms with Crippen molar-refractivity contribution < 1.29 is 4.42 Å². The molecule has 0 saturated carbocycles. The van der Waals surface area contributed by atoms with E-state index in [0.29, 0.717) is 0 Å². The van der Waals surface area contributed by atoms with Crippen molar-refractivity contribution in [2.75, 3.05) is 26.2 Å². The maximum absolute atomic E-state index is 5.91. The van der Waals surface area contributed by atoms with Gasteiger partial charge in [-0.1, -0.05) is 11.6 Å². The van der Waals surface area contributed by atoms with Crippen LogP contribution < -0.4 is 5.32 Å². The van der Waals surface area contributed by atoms with Crippen LogP contribution in [0.25, 0.3) is 11.3 Å². The first-order chi connectivity index (χ1) is 10.3. The molecule has 2 aliphatic rings. The highest BCUT2D eigenvalue weighted by molar-refractivity contribution is 6.30. The van der Waals surface area contributed by atoms with Crippen LogP contribution in [0.1, 0.15) is 5.89 Å². The second-order valence-corrected chi connectivity index (χ2v) is 6.43. The average Bonchev–Trinajstić information content (AvgIpc) is 3.16. The third-order valence-corrected chi connectivity index (χ3v) is 4.76. The van der Waals surface area contributed by atoms with E-state index in [4.69, 9.17) is 16.0 Å². The minimum absolute atomic E-state index is 0.732. The van der Waals surface area contributed by atoms with Gasteiger partial charge in [-0.25, -0.2) is 4.98 Å². The molecule has 3 heterocycles. The summed E-state index contributed by atoms with van der Waals surface area (Å²) >= 11 is 5.91. The fraction of sp³-hybridized carbons (Fsp3) is 0.438. The predicted molar refractivity (Wildman–Crippen MR) is 82.1 cm³/mol. The second-order valence-electron chi connectivity index (χ2n) is 6.00. The number of halogens is 1. The number of likely N-dealkylation sites (tertiary alicyclic amines) is 1. The standard InChI is InChI=1S/C16H18ClN3O/c17-14-3-1-11(2-4-14)15-7-19-16(21-15)10-20-8-12-5-18-6-13(12)9-20/h1-4,7,12-13,18H,5-6,8-10H2. The van der Waals surface area contributed by atoms with Crippen molar-refractivity contribution >= 4 is 11.6 Å². The maximum Gasteiger partial charge on any atom is 0.209 e. The molecular formula is C16H18ClN3O. The van der Waals surface area contributed by atoms with E-state index in [1.54, 1.807) is 6.20 Å². The zero-order chi connectivity index (χ0) is 14.2. The Labute approximate surface area is 129 Å². The number of fused-ring (bicyclic) bond motifs is 1. The molecule has 0 aliphatic carbocycles. The molecule has 0 bridgehead atoms. The van der Waals surface area contributed by atoms with E-state index >= 15 is 0 Å². The van der Waals surface area contributed by atoms with Crippen LogP contribution in [-0.2, 0) is 6.54 Å². The van der Waals surface area contributed by atoms with Gasteiger partial charge in [-0.3, -0.25) is 4.90 Å². The summed E-state index contributed by atoms with van der Waals surface area (Å²) in [5, 5.41) is 4.19. The number of benzene rings is 1. The van der Waals surface area contributed by atoms with Gasteiger partial charge in [-0.15, -0.1) is 0 Å². The minimum Gasteiger partial charge on any atom is -0.439 e. The van der Waals surface area contributed by atoms with E-state index < -0.39 is 0 Å². The molecule has 2 saturated heterocycles. The van der Waals surface area contributed by atoms with Gasteiger partial charge in [-0.05, 0) is 49.2 Å². The second kappa shape index (κ2) is 5.44. The number of aromatic nitrogens is 1. The molecule has 1 aromatic heterocycles. The molecule has 4 nitrogen and oxygen atoms in total. The summed E-state index contributed by atoms with van der Waals surface area (Å²) in [7, 11) is 0. The van der Waals surface area contributed by atoms with Crippen LogP contribution in [-0.4, -0.2) is 36.1 Å². The Hall–Kier alpha value is -1.36. The smallest absolute Gasteiger partial charge is 0.209 e. The van der Waals surface area contributed by atoms with E-state index in [1.807, 2.05) is 24.3 Å². The van der Waals surface area contributed by atoms with Gasteiger partial charge in [0.15, 0.2) is 5.76 Å². The summed E-state index contributed by atoms with van der Waals surface area (Å²) in [4.78, 5) is 6.87. The summed E-state index contributed by atoms with van der Waals surface area (Å²) in [6, 6.07) is 7.65. The molecule has 2 aromatic rings. The Morgan fingerprint density at radius 3 is 2.62 bits per heavy atom. The number of rotatable bonds is 3. The zero-order valence-electron chi connectivity index (χ0n) is 11.8. The van der Waals surface area contributed by atoms with Gasteiger partial charge in [-0.2, -0.15) is 0 Å². The van der Waals surface area contributed by atoms with Crippen LogP contribution in [0.2, 0.25) is 5.02 Å². The van der Waals surface area contributed by atoms with Crippen LogP contribution >= 0.6 is 11.6 Å². The molecule has 2 atom stereocenters. The largest absolute Gasteiger partial charge is 0.439 e. The SMILES string of the molecule is Clc1ccc(-c2cnc(CN3CC4CNCC4C3)o2)cc1. The number of nitrogens with zero attached hydrogens (tertiary/aromatic N) is 2. The lowest BCUT2D eigenvalue weighted by Gasteiger charge is -2.14. The van der Waals surface area contributed by atoms with E-state index in [1.165, 1.54) is 0 Å². The van der Waals surface area contributed by atoms with Gasteiger partial charge in [0.1, 0.15) is 0 Å². The first kappa shape index (κ1) is 13.3. The fourth-order valence-electron chi connectivity index (χ4n) is 3.40. The van der Waals surface area contributed by atoms with Gasteiger partial charge in [0.25, 0.3) is 0 Å². The van der Waals surface area contributed by atoms with Crippen molar-refractivity contribution in [2.24, 2.45) is 11.8 Å². The summed E-state index contributed by atoms with van der Waals surface area (Å²) < 4.78 is 5.88. The fourth-order valence-corrected chi connectivity index (χ4v) is 3.53.